The van der Waals surface area contributed by atoms with E-state index in [1.807, 2.05) is 35.4 Å². The van der Waals surface area contributed by atoms with Crippen molar-refractivity contribution in [3.05, 3.63) is 52.0 Å². The van der Waals surface area contributed by atoms with Crippen LogP contribution in [0.25, 0.3) is 0 Å². The molecule has 2 rings (SSSR count). The first kappa shape index (κ1) is 14.7. The van der Waals surface area contributed by atoms with Crippen molar-refractivity contribution in [2.75, 3.05) is 6.54 Å². The molecule has 0 fully saturated rings. The number of hydrogen-bond acceptors (Lipinski definition) is 3. The second-order valence-electron chi connectivity index (χ2n) is 4.84. The van der Waals surface area contributed by atoms with Gasteiger partial charge in [-0.25, -0.2) is 4.98 Å². The van der Waals surface area contributed by atoms with E-state index in [1.165, 1.54) is 5.56 Å². The van der Waals surface area contributed by atoms with Crippen LogP contribution in [0.1, 0.15) is 29.6 Å². The van der Waals surface area contributed by atoms with E-state index in [0.717, 1.165) is 23.7 Å². The number of thiazole rings is 1. The molecule has 1 aromatic carbocycles. The van der Waals surface area contributed by atoms with E-state index in [4.69, 9.17) is 0 Å². The zero-order valence-electron chi connectivity index (χ0n) is 12.0. The van der Waals surface area contributed by atoms with Gasteiger partial charge in [-0.2, -0.15) is 0 Å². The normalized spacial score (nSPS) is 10.5. The molecule has 1 heterocycles. The van der Waals surface area contributed by atoms with E-state index >= 15 is 0 Å². The molecule has 0 N–H and O–H groups in total. The third kappa shape index (κ3) is 4.17. The van der Waals surface area contributed by atoms with Crippen molar-refractivity contribution in [2.45, 2.75) is 33.2 Å². The van der Waals surface area contributed by atoms with Gasteiger partial charge in [0.15, 0.2) is 0 Å². The standard InChI is InChI=1S/C16H20N2OS/c1-3-9-18(11-14-7-5-4-6-8-14)16(19)10-15-12-20-13(2)17-15/h4-8,12H,3,9-11H2,1-2H3. The van der Waals surface area contributed by atoms with Crippen LogP contribution in [0, 0.1) is 6.92 Å². The number of benzene rings is 1. The summed E-state index contributed by atoms with van der Waals surface area (Å²) < 4.78 is 0. The van der Waals surface area contributed by atoms with Crippen LogP contribution in [0.15, 0.2) is 35.7 Å². The van der Waals surface area contributed by atoms with Gasteiger partial charge in [0.1, 0.15) is 0 Å². The van der Waals surface area contributed by atoms with Gasteiger partial charge in [-0.15, -0.1) is 11.3 Å². The van der Waals surface area contributed by atoms with Gasteiger partial charge in [0.05, 0.1) is 17.1 Å². The highest BCUT2D eigenvalue weighted by atomic mass is 32.1. The van der Waals surface area contributed by atoms with Crippen LogP contribution < -0.4 is 0 Å². The highest BCUT2D eigenvalue weighted by molar-refractivity contribution is 7.09. The zero-order valence-corrected chi connectivity index (χ0v) is 12.8. The summed E-state index contributed by atoms with van der Waals surface area (Å²) in [5.41, 5.74) is 2.05. The second kappa shape index (κ2) is 7.20. The first-order chi connectivity index (χ1) is 9.69. The van der Waals surface area contributed by atoms with Crippen molar-refractivity contribution >= 4 is 17.2 Å². The third-order valence-corrected chi connectivity index (χ3v) is 3.88. The Morgan fingerprint density at radius 2 is 2.05 bits per heavy atom. The molecule has 0 spiro atoms. The number of aromatic nitrogens is 1. The zero-order chi connectivity index (χ0) is 14.4. The molecule has 3 nitrogen and oxygen atoms in total. The summed E-state index contributed by atoms with van der Waals surface area (Å²) >= 11 is 1.59. The number of amides is 1. The van der Waals surface area contributed by atoms with Crippen LogP contribution in [-0.4, -0.2) is 22.3 Å². The Bertz CT molecular complexity index is 551. The van der Waals surface area contributed by atoms with E-state index in [-0.39, 0.29) is 5.91 Å². The number of carbonyl (C=O) groups is 1. The average molecular weight is 288 g/mol. The van der Waals surface area contributed by atoms with E-state index in [2.05, 4.69) is 24.0 Å². The lowest BCUT2D eigenvalue weighted by atomic mass is 10.2. The number of rotatable bonds is 6. The fourth-order valence-electron chi connectivity index (χ4n) is 2.12. The van der Waals surface area contributed by atoms with Crippen LogP contribution in [0.3, 0.4) is 0 Å². The number of nitrogens with zero attached hydrogens (tertiary/aromatic N) is 2. The largest absolute Gasteiger partial charge is 0.338 e. The molecule has 106 valence electrons. The molecule has 0 bridgehead atoms. The first-order valence-electron chi connectivity index (χ1n) is 6.91. The molecule has 0 saturated carbocycles. The molecule has 0 aliphatic heterocycles. The fourth-order valence-corrected chi connectivity index (χ4v) is 2.73. The predicted octanol–water partition coefficient (Wildman–Crippen LogP) is 3.43. The SMILES string of the molecule is CCCN(Cc1ccccc1)C(=O)Cc1csc(C)n1. The molecule has 20 heavy (non-hydrogen) atoms. The monoisotopic (exact) mass is 288 g/mol. The Morgan fingerprint density at radius 3 is 2.65 bits per heavy atom. The summed E-state index contributed by atoms with van der Waals surface area (Å²) in [6.07, 6.45) is 1.37. The van der Waals surface area contributed by atoms with Gasteiger partial charge in [0.2, 0.25) is 5.91 Å². The number of hydrogen-bond donors (Lipinski definition) is 0. The molecular weight excluding hydrogens is 268 g/mol. The van der Waals surface area contributed by atoms with Crippen molar-refractivity contribution in [1.29, 1.82) is 0 Å². The molecule has 0 aliphatic rings. The minimum absolute atomic E-state index is 0.154. The summed E-state index contributed by atoms with van der Waals surface area (Å²) in [5, 5.41) is 2.98. The van der Waals surface area contributed by atoms with E-state index in [0.29, 0.717) is 13.0 Å². The summed E-state index contributed by atoms with van der Waals surface area (Å²) in [4.78, 5) is 18.7. The Labute approximate surface area is 124 Å². The number of carbonyl (C=O) groups excluding carboxylic acids is 1. The van der Waals surface area contributed by atoms with Crippen LogP contribution >= 0.6 is 11.3 Å². The van der Waals surface area contributed by atoms with Gasteiger partial charge < -0.3 is 4.90 Å². The average Bonchev–Trinajstić information content (AvgIpc) is 2.85. The highest BCUT2D eigenvalue weighted by Gasteiger charge is 2.15. The van der Waals surface area contributed by atoms with Gasteiger partial charge in [-0.3, -0.25) is 4.79 Å². The first-order valence-corrected chi connectivity index (χ1v) is 7.79. The summed E-state index contributed by atoms with van der Waals surface area (Å²) in [6, 6.07) is 10.1. The summed E-state index contributed by atoms with van der Waals surface area (Å²) in [5.74, 6) is 0.154. The minimum Gasteiger partial charge on any atom is -0.338 e. The smallest absolute Gasteiger partial charge is 0.228 e. The van der Waals surface area contributed by atoms with Crippen LogP contribution in [0.2, 0.25) is 0 Å². The molecule has 0 aliphatic carbocycles. The van der Waals surface area contributed by atoms with E-state index < -0.39 is 0 Å². The Hall–Kier alpha value is -1.68. The molecule has 0 radical (unpaired) electrons. The maximum atomic E-state index is 12.4. The van der Waals surface area contributed by atoms with Gasteiger partial charge >= 0.3 is 0 Å². The summed E-state index contributed by atoms with van der Waals surface area (Å²) in [6.45, 7) is 5.53. The molecule has 4 heteroatoms. The third-order valence-electron chi connectivity index (χ3n) is 3.06. The molecular formula is C16H20N2OS. The highest BCUT2D eigenvalue weighted by Crippen LogP contribution is 2.12. The minimum atomic E-state index is 0.154. The van der Waals surface area contributed by atoms with Gasteiger partial charge in [-0.1, -0.05) is 37.3 Å². The van der Waals surface area contributed by atoms with E-state index in [9.17, 15) is 4.79 Å². The molecule has 2 aromatic rings. The summed E-state index contributed by atoms with van der Waals surface area (Å²) in [7, 11) is 0. The van der Waals surface area contributed by atoms with E-state index in [1.54, 1.807) is 11.3 Å². The number of aryl methyl sites for hydroxylation is 1. The van der Waals surface area contributed by atoms with Crippen LogP contribution in [0.4, 0.5) is 0 Å². The van der Waals surface area contributed by atoms with Crippen LogP contribution in [0.5, 0.6) is 0 Å². The van der Waals surface area contributed by atoms with Gasteiger partial charge in [0.25, 0.3) is 0 Å². The van der Waals surface area contributed by atoms with Gasteiger partial charge in [0, 0.05) is 18.5 Å². The lowest BCUT2D eigenvalue weighted by molar-refractivity contribution is -0.131. The molecule has 0 saturated heterocycles. The second-order valence-corrected chi connectivity index (χ2v) is 5.90. The van der Waals surface area contributed by atoms with Crippen molar-refractivity contribution in [3.8, 4) is 0 Å². The molecule has 0 unspecified atom stereocenters. The lowest BCUT2D eigenvalue weighted by Crippen LogP contribution is -2.32. The Kier molecular flexibility index (Phi) is 5.30. The fraction of sp³-hybridized carbons (Fsp3) is 0.375. The van der Waals surface area contributed by atoms with Gasteiger partial charge in [-0.05, 0) is 18.9 Å². The van der Waals surface area contributed by atoms with Crippen molar-refractivity contribution in [3.63, 3.8) is 0 Å². The van der Waals surface area contributed by atoms with Crippen molar-refractivity contribution in [1.82, 2.24) is 9.88 Å². The Morgan fingerprint density at radius 1 is 1.30 bits per heavy atom. The topological polar surface area (TPSA) is 33.2 Å². The van der Waals surface area contributed by atoms with Crippen molar-refractivity contribution < 1.29 is 4.79 Å². The quantitative estimate of drug-likeness (QED) is 0.816. The molecule has 1 aromatic heterocycles. The maximum Gasteiger partial charge on any atom is 0.228 e. The van der Waals surface area contributed by atoms with Crippen molar-refractivity contribution in [2.24, 2.45) is 0 Å². The Balaban J connectivity index is 2.02. The lowest BCUT2D eigenvalue weighted by Gasteiger charge is -2.22. The maximum absolute atomic E-state index is 12.4. The predicted molar refractivity (Wildman–Crippen MR) is 82.7 cm³/mol. The van der Waals surface area contributed by atoms with Crippen LogP contribution in [-0.2, 0) is 17.8 Å². The molecule has 0 atom stereocenters. The molecule has 1 amide bonds.